The Hall–Kier alpha value is -2.78. The lowest BCUT2D eigenvalue weighted by Gasteiger charge is -2.27. The van der Waals surface area contributed by atoms with E-state index in [1.807, 2.05) is 6.07 Å². The highest BCUT2D eigenvalue weighted by Crippen LogP contribution is 2.24. The number of nitrogen functional groups attached to an aromatic ring is 1. The topological polar surface area (TPSA) is 107 Å². The zero-order valence-corrected chi connectivity index (χ0v) is 14.1. The Morgan fingerprint density at radius 3 is 2.68 bits per heavy atom. The van der Waals surface area contributed by atoms with E-state index in [4.69, 9.17) is 5.73 Å². The fourth-order valence-electron chi connectivity index (χ4n) is 2.84. The van der Waals surface area contributed by atoms with Crippen molar-refractivity contribution in [2.24, 2.45) is 0 Å². The van der Waals surface area contributed by atoms with Gasteiger partial charge in [-0.25, -0.2) is 23.1 Å². The van der Waals surface area contributed by atoms with E-state index < -0.39 is 10.0 Å². The van der Waals surface area contributed by atoms with Crippen LogP contribution in [-0.2, 0) is 23.0 Å². The molecule has 9 heteroatoms. The van der Waals surface area contributed by atoms with E-state index in [0.29, 0.717) is 18.7 Å². The van der Waals surface area contributed by atoms with Crippen LogP contribution < -0.4 is 5.73 Å². The summed E-state index contributed by atoms with van der Waals surface area (Å²) in [7, 11) is -3.60. The lowest BCUT2D eigenvalue weighted by Crippen LogP contribution is -2.36. The quantitative estimate of drug-likeness (QED) is 0.750. The van der Waals surface area contributed by atoms with Crippen molar-refractivity contribution in [1.29, 1.82) is 0 Å². The number of benzene rings is 1. The van der Waals surface area contributed by atoms with Gasteiger partial charge >= 0.3 is 0 Å². The molecule has 4 rings (SSSR count). The third-order valence-corrected chi connectivity index (χ3v) is 6.03. The summed E-state index contributed by atoms with van der Waals surface area (Å²) >= 11 is 0. The van der Waals surface area contributed by atoms with Crippen molar-refractivity contribution < 1.29 is 8.42 Å². The minimum absolute atomic E-state index is 0.154. The van der Waals surface area contributed by atoms with E-state index in [1.165, 1.54) is 4.31 Å². The van der Waals surface area contributed by atoms with E-state index in [9.17, 15) is 8.42 Å². The van der Waals surface area contributed by atoms with Crippen LogP contribution in [0.15, 0.2) is 53.8 Å². The van der Waals surface area contributed by atoms with Gasteiger partial charge in [0.1, 0.15) is 0 Å². The maximum atomic E-state index is 12.9. The number of fused-ring (bicyclic) bond motifs is 1. The predicted octanol–water partition coefficient (Wildman–Crippen LogP) is 0.991. The second kappa shape index (κ2) is 5.94. The number of nitrogens with zero attached hydrogens (tertiary/aromatic N) is 5. The molecule has 0 unspecified atom stereocenters. The minimum atomic E-state index is -3.60. The number of aromatic nitrogens is 4. The van der Waals surface area contributed by atoms with Crippen molar-refractivity contribution in [1.82, 2.24) is 24.1 Å². The largest absolute Gasteiger partial charge is 0.368 e. The molecule has 0 spiro atoms. The fraction of sp³-hybridized carbons (Fsp3) is 0.188. The lowest BCUT2D eigenvalue weighted by atomic mass is 10.1. The fourth-order valence-corrected chi connectivity index (χ4v) is 4.24. The van der Waals surface area contributed by atoms with Gasteiger partial charge < -0.3 is 5.73 Å². The van der Waals surface area contributed by atoms with Crippen LogP contribution >= 0.6 is 0 Å². The van der Waals surface area contributed by atoms with E-state index in [0.717, 1.165) is 11.3 Å². The van der Waals surface area contributed by atoms with Gasteiger partial charge in [0, 0.05) is 25.1 Å². The van der Waals surface area contributed by atoms with Gasteiger partial charge in [0.05, 0.1) is 22.8 Å². The van der Waals surface area contributed by atoms with Crippen molar-refractivity contribution in [3.63, 3.8) is 0 Å². The maximum absolute atomic E-state index is 12.9. The zero-order chi connectivity index (χ0) is 17.4. The summed E-state index contributed by atoms with van der Waals surface area (Å²) in [6.45, 7) is 0.592. The summed E-state index contributed by atoms with van der Waals surface area (Å²) < 4.78 is 28.9. The molecule has 1 aliphatic heterocycles. The third kappa shape index (κ3) is 2.87. The molecule has 2 aromatic heterocycles. The average Bonchev–Trinajstić information content (AvgIpc) is 3.16. The summed E-state index contributed by atoms with van der Waals surface area (Å²) in [6.07, 6.45) is 5.71. The van der Waals surface area contributed by atoms with Gasteiger partial charge in [0.15, 0.2) is 0 Å². The molecule has 0 bridgehead atoms. The monoisotopic (exact) mass is 356 g/mol. The molecule has 0 aliphatic carbocycles. The Bertz CT molecular complexity index is 1000. The molecule has 0 atom stereocenters. The van der Waals surface area contributed by atoms with Crippen LogP contribution in [0.2, 0.25) is 0 Å². The standard InChI is InChI=1S/C16H16N6O2S/c17-16-18-10-12-6-9-21(11-15(12)20-16)25(23,24)14-4-2-13(3-5-14)22-8-1-7-19-22/h1-5,7-8,10H,6,9,11H2,(H2,17,18,20). The average molecular weight is 356 g/mol. The van der Waals surface area contributed by atoms with Crippen molar-refractivity contribution in [3.8, 4) is 5.69 Å². The van der Waals surface area contributed by atoms with Gasteiger partial charge in [-0.1, -0.05) is 0 Å². The Labute approximate surface area is 145 Å². The number of anilines is 1. The van der Waals surface area contributed by atoms with Crippen LogP contribution in [0.1, 0.15) is 11.3 Å². The van der Waals surface area contributed by atoms with Gasteiger partial charge in [-0.2, -0.15) is 9.40 Å². The maximum Gasteiger partial charge on any atom is 0.243 e. The van der Waals surface area contributed by atoms with Gasteiger partial charge in [-0.05, 0) is 42.3 Å². The molecule has 8 nitrogen and oxygen atoms in total. The van der Waals surface area contributed by atoms with Gasteiger partial charge in [0.25, 0.3) is 0 Å². The highest BCUT2D eigenvalue weighted by molar-refractivity contribution is 7.89. The first-order chi connectivity index (χ1) is 12.0. The molecular weight excluding hydrogens is 340 g/mol. The van der Waals surface area contributed by atoms with Crippen LogP contribution in [0.3, 0.4) is 0 Å². The molecule has 25 heavy (non-hydrogen) atoms. The Morgan fingerprint density at radius 2 is 1.96 bits per heavy atom. The second-order valence-corrected chi connectivity index (χ2v) is 7.67. The Balaban J connectivity index is 1.61. The number of hydrogen-bond acceptors (Lipinski definition) is 6. The first-order valence-electron chi connectivity index (χ1n) is 7.74. The van der Waals surface area contributed by atoms with Crippen molar-refractivity contribution in [2.75, 3.05) is 12.3 Å². The predicted molar refractivity (Wildman–Crippen MR) is 91.3 cm³/mol. The molecule has 2 N–H and O–H groups in total. The molecule has 1 aromatic carbocycles. The van der Waals surface area contributed by atoms with Crippen molar-refractivity contribution in [2.45, 2.75) is 17.9 Å². The molecule has 0 radical (unpaired) electrons. The lowest BCUT2D eigenvalue weighted by molar-refractivity contribution is 0.385. The number of nitrogens with two attached hydrogens (primary N) is 1. The van der Waals surface area contributed by atoms with Crippen LogP contribution in [0.25, 0.3) is 5.69 Å². The second-order valence-electron chi connectivity index (χ2n) is 5.73. The van der Waals surface area contributed by atoms with E-state index in [1.54, 1.807) is 47.5 Å². The van der Waals surface area contributed by atoms with Gasteiger partial charge in [-0.15, -0.1) is 0 Å². The van der Waals surface area contributed by atoms with Gasteiger partial charge in [-0.3, -0.25) is 0 Å². The first kappa shape index (κ1) is 15.7. The van der Waals surface area contributed by atoms with Crippen molar-refractivity contribution in [3.05, 3.63) is 60.2 Å². The SMILES string of the molecule is Nc1ncc2c(n1)CN(S(=O)(=O)c1ccc(-n3cccn3)cc1)CC2. The Kier molecular flexibility index (Phi) is 3.74. The summed E-state index contributed by atoms with van der Waals surface area (Å²) in [5, 5.41) is 4.13. The first-order valence-corrected chi connectivity index (χ1v) is 9.18. The number of rotatable bonds is 3. The Morgan fingerprint density at radius 1 is 1.16 bits per heavy atom. The minimum Gasteiger partial charge on any atom is -0.368 e. The molecule has 0 amide bonds. The normalized spacial score (nSPS) is 15.0. The van der Waals surface area contributed by atoms with Crippen LogP contribution in [-0.4, -0.2) is 39.0 Å². The molecule has 3 aromatic rings. The van der Waals surface area contributed by atoms with Crippen LogP contribution in [0.5, 0.6) is 0 Å². The molecule has 128 valence electrons. The smallest absolute Gasteiger partial charge is 0.243 e. The number of hydrogen-bond donors (Lipinski definition) is 1. The molecule has 1 aliphatic rings. The van der Waals surface area contributed by atoms with Gasteiger partial charge in [0.2, 0.25) is 16.0 Å². The summed E-state index contributed by atoms with van der Waals surface area (Å²) in [4.78, 5) is 8.37. The highest BCUT2D eigenvalue weighted by atomic mass is 32.2. The molecule has 0 saturated heterocycles. The van der Waals surface area contributed by atoms with E-state index in [2.05, 4.69) is 15.1 Å². The van der Waals surface area contributed by atoms with E-state index in [-0.39, 0.29) is 17.4 Å². The molecule has 0 fully saturated rings. The summed E-state index contributed by atoms with van der Waals surface area (Å²) in [5.41, 5.74) is 8.01. The third-order valence-electron chi connectivity index (χ3n) is 4.17. The molecule has 0 saturated carbocycles. The van der Waals surface area contributed by atoms with Crippen molar-refractivity contribution >= 4 is 16.0 Å². The molecule has 3 heterocycles. The zero-order valence-electron chi connectivity index (χ0n) is 13.3. The summed E-state index contributed by atoms with van der Waals surface area (Å²) in [5.74, 6) is 0.154. The number of sulfonamides is 1. The van der Waals surface area contributed by atoms with Crippen LogP contribution in [0, 0.1) is 0 Å². The van der Waals surface area contributed by atoms with E-state index >= 15 is 0 Å². The van der Waals surface area contributed by atoms with Crippen LogP contribution in [0.4, 0.5) is 5.95 Å². The summed E-state index contributed by atoms with van der Waals surface area (Å²) in [6, 6.07) is 8.46. The highest BCUT2D eigenvalue weighted by Gasteiger charge is 2.29. The molecular formula is C16H16N6O2S.